The molecule has 34 heavy (non-hydrogen) atoms. The summed E-state index contributed by atoms with van der Waals surface area (Å²) in [4.78, 5) is 43.2. The number of nitrogens with one attached hydrogen (secondary N) is 1. The Labute approximate surface area is 202 Å². The Hall–Kier alpha value is -3.26. The van der Waals surface area contributed by atoms with Crippen LogP contribution < -0.4 is 10.1 Å². The molecule has 1 spiro atoms. The van der Waals surface area contributed by atoms with Gasteiger partial charge in [-0.05, 0) is 81.0 Å². The Morgan fingerprint density at radius 2 is 1.88 bits per heavy atom. The van der Waals surface area contributed by atoms with Crippen LogP contribution in [0.5, 0.6) is 5.75 Å². The molecule has 2 aliphatic rings. The molecule has 176 valence electrons. The van der Waals surface area contributed by atoms with Gasteiger partial charge >= 0.3 is 0 Å². The molecular weight excluding hydrogens is 450 g/mol. The van der Waals surface area contributed by atoms with Crippen LogP contribution in [0.4, 0.5) is 5.69 Å². The summed E-state index contributed by atoms with van der Waals surface area (Å²) in [5, 5.41) is 4.08. The van der Waals surface area contributed by atoms with Crippen molar-refractivity contribution in [3.8, 4) is 5.75 Å². The number of fused-ring (bicyclic) bond motifs is 1. The molecular formula is C26H27N3O4S. The summed E-state index contributed by atoms with van der Waals surface area (Å²) in [6.07, 6.45) is 2.53. The Morgan fingerprint density at radius 3 is 2.59 bits per heavy atom. The lowest BCUT2D eigenvalue weighted by Gasteiger charge is -2.32. The lowest BCUT2D eigenvalue weighted by molar-refractivity contribution is -0.135. The fourth-order valence-corrected chi connectivity index (χ4v) is 5.65. The van der Waals surface area contributed by atoms with Crippen molar-refractivity contribution in [2.75, 3.05) is 25.0 Å². The van der Waals surface area contributed by atoms with Crippen molar-refractivity contribution in [1.82, 2.24) is 9.88 Å². The summed E-state index contributed by atoms with van der Waals surface area (Å²) in [6, 6.07) is 12.7. The number of Topliss-reactive ketones (excluding diaryl/α,β-unsaturated/α-hetero) is 1. The minimum atomic E-state index is -0.0565. The number of hydrogen-bond donors (Lipinski definition) is 1. The van der Waals surface area contributed by atoms with Crippen LogP contribution in [0.15, 0.2) is 42.5 Å². The molecule has 1 aliphatic carbocycles. The summed E-state index contributed by atoms with van der Waals surface area (Å²) < 4.78 is 6.73. The zero-order chi connectivity index (χ0) is 23.9. The Kier molecular flexibility index (Phi) is 5.85. The van der Waals surface area contributed by atoms with E-state index in [-0.39, 0.29) is 35.5 Å². The number of aromatic nitrogens is 1. The van der Waals surface area contributed by atoms with Crippen LogP contribution in [0.25, 0.3) is 10.2 Å². The normalized spacial score (nSPS) is 18.6. The third-order valence-electron chi connectivity index (χ3n) is 7.00. The van der Waals surface area contributed by atoms with Gasteiger partial charge in [0, 0.05) is 30.3 Å². The van der Waals surface area contributed by atoms with Crippen molar-refractivity contribution in [2.45, 2.75) is 33.1 Å². The number of thiazole rings is 1. The van der Waals surface area contributed by atoms with Crippen molar-refractivity contribution in [3.63, 3.8) is 0 Å². The summed E-state index contributed by atoms with van der Waals surface area (Å²) in [6.45, 7) is 4.74. The molecule has 7 nitrogen and oxygen atoms in total. The van der Waals surface area contributed by atoms with E-state index in [1.165, 1.54) is 6.92 Å². The number of likely N-dealkylation sites (tertiary alicyclic amines) is 1. The van der Waals surface area contributed by atoms with E-state index in [1.807, 2.05) is 30.0 Å². The second-order valence-corrected chi connectivity index (χ2v) is 10.5. The predicted octanol–water partition coefficient (Wildman–Crippen LogP) is 4.45. The first kappa shape index (κ1) is 22.5. The average Bonchev–Trinajstić information content (AvgIpc) is 3.39. The number of carbonyl (C=O) groups excluding carboxylic acids is 3. The summed E-state index contributed by atoms with van der Waals surface area (Å²) in [5.74, 6) is 0.556. The number of hydrogen-bond acceptors (Lipinski definition) is 6. The van der Waals surface area contributed by atoms with Gasteiger partial charge in [-0.3, -0.25) is 14.4 Å². The highest BCUT2D eigenvalue weighted by atomic mass is 32.1. The van der Waals surface area contributed by atoms with Gasteiger partial charge < -0.3 is 15.0 Å². The van der Waals surface area contributed by atoms with Crippen molar-refractivity contribution in [3.05, 3.63) is 53.0 Å². The SMILES string of the molecule is CC(=O)c1ccc(OCC(=O)N2CCC3(CC2)CC3C(=O)Nc2ccc3sc(C)nc3c2)cc1. The van der Waals surface area contributed by atoms with Gasteiger partial charge in [-0.1, -0.05) is 0 Å². The van der Waals surface area contributed by atoms with Crippen LogP contribution in [0.2, 0.25) is 0 Å². The van der Waals surface area contributed by atoms with Crippen molar-refractivity contribution < 1.29 is 19.1 Å². The molecule has 1 N–H and O–H groups in total. The van der Waals surface area contributed by atoms with Crippen LogP contribution in [0.3, 0.4) is 0 Å². The van der Waals surface area contributed by atoms with Crippen LogP contribution in [-0.2, 0) is 9.59 Å². The Morgan fingerprint density at radius 1 is 1.15 bits per heavy atom. The summed E-state index contributed by atoms with van der Waals surface area (Å²) >= 11 is 1.64. The molecule has 1 saturated carbocycles. The minimum absolute atomic E-state index is 0.00552. The van der Waals surface area contributed by atoms with Crippen molar-refractivity contribution >= 4 is 44.8 Å². The molecule has 3 aromatic rings. The van der Waals surface area contributed by atoms with E-state index in [9.17, 15) is 14.4 Å². The highest BCUT2D eigenvalue weighted by molar-refractivity contribution is 7.18. The first-order valence-electron chi connectivity index (χ1n) is 11.5. The minimum Gasteiger partial charge on any atom is -0.484 e. The van der Waals surface area contributed by atoms with Gasteiger partial charge in [0.05, 0.1) is 15.2 Å². The van der Waals surface area contributed by atoms with E-state index in [4.69, 9.17) is 4.74 Å². The molecule has 1 saturated heterocycles. The molecule has 2 amide bonds. The third-order valence-corrected chi connectivity index (χ3v) is 7.96. The Bertz CT molecular complexity index is 1260. The van der Waals surface area contributed by atoms with Crippen molar-refractivity contribution in [2.24, 2.45) is 11.3 Å². The third kappa shape index (κ3) is 4.55. The summed E-state index contributed by atoms with van der Waals surface area (Å²) in [7, 11) is 0. The van der Waals surface area contributed by atoms with Crippen LogP contribution in [-0.4, -0.2) is 47.2 Å². The first-order chi connectivity index (χ1) is 16.3. The highest BCUT2D eigenvalue weighted by Gasteiger charge is 2.58. The van der Waals surface area contributed by atoms with Crippen molar-refractivity contribution in [1.29, 1.82) is 0 Å². The quantitative estimate of drug-likeness (QED) is 0.530. The molecule has 1 aromatic heterocycles. The lowest BCUT2D eigenvalue weighted by Crippen LogP contribution is -2.42. The zero-order valence-electron chi connectivity index (χ0n) is 19.3. The molecule has 2 aromatic carbocycles. The van der Waals surface area contributed by atoms with Gasteiger partial charge in [0.2, 0.25) is 5.91 Å². The smallest absolute Gasteiger partial charge is 0.260 e. The number of benzene rings is 2. The van der Waals surface area contributed by atoms with E-state index in [1.54, 1.807) is 35.6 Å². The van der Waals surface area contributed by atoms with E-state index in [2.05, 4.69) is 10.3 Å². The van der Waals surface area contributed by atoms with Gasteiger partial charge in [0.25, 0.3) is 5.91 Å². The second-order valence-electron chi connectivity index (χ2n) is 9.27. The number of rotatable bonds is 6. The fourth-order valence-electron chi connectivity index (χ4n) is 4.84. The van der Waals surface area contributed by atoms with E-state index < -0.39 is 0 Å². The molecule has 8 heteroatoms. The first-order valence-corrected chi connectivity index (χ1v) is 12.3. The number of aryl methyl sites for hydroxylation is 1. The topological polar surface area (TPSA) is 88.6 Å². The van der Waals surface area contributed by atoms with Crippen LogP contribution in [0, 0.1) is 18.3 Å². The molecule has 1 atom stereocenters. The standard InChI is InChI=1S/C26H27N3O4S/c1-16(30)18-3-6-20(7-4-18)33-15-24(31)29-11-9-26(10-12-29)14-21(26)25(32)28-19-5-8-23-22(13-19)27-17(2)34-23/h3-8,13,21H,9-12,14-15H2,1-2H3,(H,28,32). The van der Waals surface area contributed by atoms with E-state index in [0.717, 1.165) is 40.2 Å². The molecule has 0 radical (unpaired) electrons. The number of nitrogens with zero attached hydrogens (tertiary/aromatic N) is 2. The van der Waals surface area contributed by atoms with E-state index >= 15 is 0 Å². The number of carbonyl (C=O) groups is 3. The number of anilines is 1. The average molecular weight is 478 g/mol. The monoisotopic (exact) mass is 477 g/mol. The predicted molar refractivity (Wildman–Crippen MR) is 131 cm³/mol. The number of piperidine rings is 1. The Balaban J connectivity index is 1.10. The van der Waals surface area contributed by atoms with Gasteiger partial charge in [-0.15, -0.1) is 11.3 Å². The van der Waals surface area contributed by atoms with Crippen LogP contribution >= 0.6 is 11.3 Å². The maximum atomic E-state index is 12.9. The highest BCUT2D eigenvalue weighted by Crippen LogP contribution is 2.59. The molecule has 1 aliphatic heterocycles. The van der Waals surface area contributed by atoms with Gasteiger partial charge in [-0.2, -0.15) is 0 Å². The molecule has 1 unspecified atom stereocenters. The molecule has 0 bridgehead atoms. The lowest BCUT2D eigenvalue weighted by atomic mass is 9.90. The molecule has 2 fully saturated rings. The number of amides is 2. The van der Waals surface area contributed by atoms with E-state index in [0.29, 0.717) is 24.4 Å². The maximum Gasteiger partial charge on any atom is 0.260 e. The maximum absolute atomic E-state index is 12.9. The summed E-state index contributed by atoms with van der Waals surface area (Å²) in [5.41, 5.74) is 2.31. The largest absolute Gasteiger partial charge is 0.484 e. The van der Waals surface area contributed by atoms with Gasteiger partial charge in [0.1, 0.15) is 5.75 Å². The fraction of sp³-hybridized carbons (Fsp3) is 0.385. The zero-order valence-corrected chi connectivity index (χ0v) is 20.1. The number of ketones is 1. The van der Waals surface area contributed by atoms with Gasteiger partial charge in [-0.25, -0.2) is 4.98 Å². The number of ether oxygens (including phenoxy) is 1. The van der Waals surface area contributed by atoms with Crippen LogP contribution in [0.1, 0.15) is 41.6 Å². The second kappa shape index (κ2) is 8.83. The molecule has 5 rings (SSSR count). The van der Waals surface area contributed by atoms with Gasteiger partial charge in [0.15, 0.2) is 12.4 Å². The molecule has 2 heterocycles.